The predicted molar refractivity (Wildman–Crippen MR) is 163 cm³/mol. The van der Waals surface area contributed by atoms with E-state index in [0.717, 1.165) is 36.0 Å². The number of hydrogen-bond acceptors (Lipinski definition) is 3. The Morgan fingerprint density at radius 2 is 1.62 bits per heavy atom. The molecule has 206 valence electrons. The highest BCUT2D eigenvalue weighted by Gasteiger charge is 2.36. The monoisotopic (exact) mass is 532 g/mol. The van der Waals surface area contributed by atoms with E-state index in [1.165, 1.54) is 22.8 Å². The number of benzene rings is 4. The van der Waals surface area contributed by atoms with Crippen LogP contribution in [0.2, 0.25) is 0 Å². The molecule has 0 aliphatic heterocycles. The van der Waals surface area contributed by atoms with Crippen molar-refractivity contribution in [1.82, 2.24) is 0 Å². The summed E-state index contributed by atoms with van der Waals surface area (Å²) in [6.07, 6.45) is 4.10. The Hall–Kier alpha value is -3.59. The van der Waals surface area contributed by atoms with Gasteiger partial charge in [-0.15, -0.1) is 0 Å². The lowest BCUT2D eigenvalue weighted by atomic mass is 9.75. The molecule has 6 rings (SSSR count). The van der Waals surface area contributed by atoms with Gasteiger partial charge in [-0.3, -0.25) is 0 Å². The van der Waals surface area contributed by atoms with Crippen molar-refractivity contribution in [2.45, 2.75) is 65.6 Å². The first-order chi connectivity index (χ1) is 19.4. The van der Waals surface area contributed by atoms with Crippen molar-refractivity contribution in [3.63, 3.8) is 0 Å². The van der Waals surface area contributed by atoms with Gasteiger partial charge in [-0.2, -0.15) is 0 Å². The van der Waals surface area contributed by atoms with Crippen LogP contribution in [-0.4, -0.2) is 12.1 Å². The molecule has 0 amide bonds. The molecule has 0 heterocycles. The summed E-state index contributed by atoms with van der Waals surface area (Å²) in [6.45, 7) is 9.07. The number of esters is 1. The first-order valence-corrected chi connectivity index (χ1v) is 15.0. The molecule has 3 heteroatoms. The minimum absolute atomic E-state index is 0.0800. The van der Waals surface area contributed by atoms with Gasteiger partial charge in [0.1, 0.15) is 23.5 Å². The molecule has 1 fully saturated rings. The minimum Gasteiger partial charge on any atom is -0.489 e. The van der Waals surface area contributed by atoms with Crippen LogP contribution < -0.4 is 4.74 Å². The fourth-order valence-corrected chi connectivity index (χ4v) is 6.96. The number of carbonyl (C=O) groups excluding carboxylic acids is 1. The molecule has 2 aliphatic carbocycles. The van der Waals surface area contributed by atoms with Crippen molar-refractivity contribution in [3.05, 3.63) is 102 Å². The molecule has 0 spiro atoms. The van der Waals surface area contributed by atoms with Gasteiger partial charge in [-0.05, 0) is 76.6 Å². The van der Waals surface area contributed by atoms with Gasteiger partial charge in [0.15, 0.2) is 0 Å². The van der Waals surface area contributed by atoms with Crippen molar-refractivity contribution in [2.75, 3.05) is 0 Å². The van der Waals surface area contributed by atoms with Crippen LogP contribution >= 0.6 is 0 Å². The summed E-state index contributed by atoms with van der Waals surface area (Å²) < 4.78 is 13.2. The van der Waals surface area contributed by atoms with Crippen molar-refractivity contribution >= 4 is 16.7 Å². The Bertz CT molecular complexity index is 1500. The van der Waals surface area contributed by atoms with Gasteiger partial charge in [0.2, 0.25) is 0 Å². The number of fused-ring (bicyclic) bond motifs is 3. The quantitative estimate of drug-likeness (QED) is 0.232. The second-order valence-electron chi connectivity index (χ2n) is 12.4. The molecule has 40 heavy (non-hydrogen) atoms. The summed E-state index contributed by atoms with van der Waals surface area (Å²) in [4.78, 5) is 14.0. The van der Waals surface area contributed by atoms with E-state index in [-0.39, 0.29) is 24.1 Å². The van der Waals surface area contributed by atoms with E-state index in [0.29, 0.717) is 29.1 Å². The van der Waals surface area contributed by atoms with Crippen LogP contribution in [0.4, 0.5) is 0 Å². The Labute approximate surface area is 238 Å². The summed E-state index contributed by atoms with van der Waals surface area (Å²) in [5.41, 5.74) is 5.10. The topological polar surface area (TPSA) is 35.5 Å². The summed E-state index contributed by atoms with van der Waals surface area (Å²) in [5, 5.41) is 2.35. The van der Waals surface area contributed by atoms with Gasteiger partial charge < -0.3 is 9.47 Å². The maximum atomic E-state index is 14.0. The van der Waals surface area contributed by atoms with Crippen molar-refractivity contribution in [2.24, 2.45) is 23.7 Å². The Kier molecular flexibility index (Phi) is 7.40. The van der Waals surface area contributed by atoms with Crippen molar-refractivity contribution < 1.29 is 14.3 Å². The summed E-state index contributed by atoms with van der Waals surface area (Å²) >= 11 is 0. The standard InChI is InChI=1S/C37H40O3/c1-23(2)30-18-14-24(3)20-33(30)39-34-22-28(26-10-6-5-7-11-26)17-19-32(34)37(38)40-36-25(4)21-29-16-15-27-12-8-9-13-31(27)35(29)36/h5-13,15-17,19,22-25,30,33,36H,14,18,20-21H2,1-4H3/t24-,25-,30+,33-,36-/m1/s1. The second-order valence-corrected chi connectivity index (χ2v) is 12.4. The number of hydrogen-bond donors (Lipinski definition) is 0. The van der Waals surface area contributed by atoms with Crippen LogP contribution in [0, 0.1) is 23.7 Å². The Balaban J connectivity index is 1.36. The third-order valence-corrected chi connectivity index (χ3v) is 9.19. The van der Waals surface area contributed by atoms with Gasteiger partial charge in [-0.25, -0.2) is 4.79 Å². The molecule has 4 aromatic rings. The highest BCUT2D eigenvalue weighted by Crippen LogP contribution is 2.44. The molecule has 0 saturated heterocycles. The van der Waals surface area contributed by atoms with E-state index in [2.05, 4.69) is 76.2 Å². The van der Waals surface area contributed by atoms with E-state index in [9.17, 15) is 4.79 Å². The van der Waals surface area contributed by atoms with E-state index < -0.39 is 0 Å². The Morgan fingerprint density at radius 3 is 2.42 bits per heavy atom. The van der Waals surface area contributed by atoms with Gasteiger partial charge in [0.05, 0.1) is 0 Å². The highest BCUT2D eigenvalue weighted by atomic mass is 16.5. The molecule has 0 bridgehead atoms. The van der Waals surface area contributed by atoms with Crippen LogP contribution in [0.5, 0.6) is 5.75 Å². The number of carbonyl (C=O) groups is 1. The highest BCUT2D eigenvalue weighted by molar-refractivity contribution is 5.94. The lowest BCUT2D eigenvalue weighted by molar-refractivity contribution is 0.0174. The van der Waals surface area contributed by atoms with Gasteiger partial charge >= 0.3 is 5.97 Å². The fraction of sp³-hybridized carbons (Fsp3) is 0.378. The summed E-state index contributed by atoms with van der Waals surface area (Å²) in [6, 6.07) is 29.0. The minimum atomic E-state index is -0.308. The molecule has 0 aromatic heterocycles. The average molecular weight is 533 g/mol. The van der Waals surface area contributed by atoms with Crippen LogP contribution in [-0.2, 0) is 11.2 Å². The molecule has 3 nitrogen and oxygen atoms in total. The lowest BCUT2D eigenvalue weighted by Gasteiger charge is -2.37. The first-order valence-electron chi connectivity index (χ1n) is 15.0. The third-order valence-electron chi connectivity index (χ3n) is 9.19. The normalized spacial score (nSPS) is 24.2. The zero-order valence-corrected chi connectivity index (χ0v) is 24.1. The largest absolute Gasteiger partial charge is 0.489 e. The fourth-order valence-electron chi connectivity index (χ4n) is 6.96. The number of ether oxygens (including phenoxy) is 2. The van der Waals surface area contributed by atoms with Gasteiger partial charge in [0, 0.05) is 11.5 Å². The van der Waals surface area contributed by atoms with Gasteiger partial charge in [0.25, 0.3) is 0 Å². The zero-order valence-electron chi connectivity index (χ0n) is 24.1. The second kappa shape index (κ2) is 11.1. The van der Waals surface area contributed by atoms with E-state index in [1.54, 1.807) is 0 Å². The molecular formula is C37H40O3. The van der Waals surface area contributed by atoms with Crippen LogP contribution in [0.1, 0.15) is 74.5 Å². The summed E-state index contributed by atoms with van der Waals surface area (Å²) in [5.74, 6) is 2.14. The van der Waals surface area contributed by atoms with Crippen LogP contribution in [0.25, 0.3) is 21.9 Å². The van der Waals surface area contributed by atoms with Gasteiger partial charge in [-0.1, -0.05) is 107 Å². The molecule has 2 aliphatic rings. The van der Waals surface area contributed by atoms with E-state index in [1.807, 2.05) is 36.4 Å². The van der Waals surface area contributed by atoms with Crippen molar-refractivity contribution in [3.8, 4) is 16.9 Å². The van der Waals surface area contributed by atoms with Crippen LogP contribution in [0.3, 0.4) is 0 Å². The van der Waals surface area contributed by atoms with E-state index >= 15 is 0 Å². The molecule has 4 aromatic carbocycles. The SMILES string of the molecule is CC(C)[C@@H]1CC[C@@H](C)C[C@H]1Oc1cc(-c2ccccc2)ccc1C(=O)O[C@H]1c2c(ccc3ccccc23)C[C@H]1C. The number of rotatable bonds is 6. The van der Waals surface area contributed by atoms with Crippen LogP contribution in [0.15, 0.2) is 84.9 Å². The van der Waals surface area contributed by atoms with E-state index in [4.69, 9.17) is 9.47 Å². The molecule has 0 N–H and O–H groups in total. The lowest BCUT2D eigenvalue weighted by Crippen LogP contribution is -2.36. The maximum absolute atomic E-state index is 14.0. The molecule has 5 atom stereocenters. The maximum Gasteiger partial charge on any atom is 0.342 e. The predicted octanol–water partition coefficient (Wildman–Crippen LogP) is 9.44. The molecule has 0 unspecified atom stereocenters. The molecule has 0 radical (unpaired) electrons. The molecular weight excluding hydrogens is 492 g/mol. The Morgan fingerprint density at radius 1 is 0.850 bits per heavy atom. The molecule has 1 saturated carbocycles. The first kappa shape index (κ1) is 26.6. The average Bonchev–Trinajstić information content (AvgIpc) is 3.28. The van der Waals surface area contributed by atoms with Crippen molar-refractivity contribution in [1.29, 1.82) is 0 Å². The third kappa shape index (κ3) is 5.14. The summed E-state index contributed by atoms with van der Waals surface area (Å²) in [7, 11) is 0. The smallest absolute Gasteiger partial charge is 0.342 e. The zero-order chi connectivity index (χ0) is 27.8.